The van der Waals surface area contributed by atoms with Crippen molar-refractivity contribution in [1.29, 1.82) is 0 Å². The molecule has 0 unspecified atom stereocenters. The molecule has 1 aliphatic rings. The smallest absolute Gasteiger partial charge is 0.292 e. The first kappa shape index (κ1) is 19.3. The maximum Gasteiger partial charge on any atom is 0.292 e. The number of piperidine rings is 1. The van der Waals surface area contributed by atoms with Crippen molar-refractivity contribution in [2.75, 3.05) is 18.8 Å². The van der Waals surface area contributed by atoms with Gasteiger partial charge >= 0.3 is 0 Å². The van der Waals surface area contributed by atoms with Crippen molar-refractivity contribution >= 4 is 23.2 Å². The number of hydrogen-bond acceptors (Lipinski definition) is 5. The Labute approximate surface area is 160 Å². The van der Waals surface area contributed by atoms with Gasteiger partial charge in [0.2, 0.25) is 0 Å². The van der Waals surface area contributed by atoms with Crippen LogP contribution in [0, 0.1) is 15.9 Å². The summed E-state index contributed by atoms with van der Waals surface area (Å²) in [5.41, 5.74) is 5.38. The molecule has 3 rings (SSSR count). The molecule has 1 heterocycles. The van der Waals surface area contributed by atoms with E-state index in [1.54, 1.807) is 11.0 Å². The molecule has 28 heavy (non-hydrogen) atoms. The van der Waals surface area contributed by atoms with Crippen LogP contribution < -0.4 is 11.1 Å². The van der Waals surface area contributed by atoms with Crippen molar-refractivity contribution in [2.45, 2.75) is 18.9 Å². The van der Waals surface area contributed by atoms with Gasteiger partial charge in [-0.15, -0.1) is 0 Å². The first-order valence-corrected chi connectivity index (χ1v) is 8.75. The number of amides is 2. The summed E-state index contributed by atoms with van der Waals surface area (Å²) in [5, 5.41) is 13.8. The zero-order valence-electron chi connectivity index (χ0n) is 14.9. The third-order valence-electron chi connectivity index (χ3n) is 4.71. The Morgan fingerprint density at radius 3 is 2.50 bits per heavy atom. The summed E-state index contributed by atoms with van der Waals surface area (Å²) in [6, 6.07) is 9.52. The van der Waals surface area contributed by atoms with Gasteiger partial charge in [-0.25, -0.2) is 4.39 Å². The van der Waals surface area contributed by atoms with Gasteiger partial charge in [0.05, 0.1) is 10.5 Å². The summed E-state index contributed by atoms with van der Waals surface area (Å²) < 4.78 is 13.8. The molecule has 2 aromatic carbocycles. The molecule has 2 amide bonds. The highest BCUT2D eigenvalue weighted by Crippen LogP contribution is 2.23. The van der Waals surface area contributed by atoms with Gasteiger partial charge in [-0.05, 0) is 37.1 Å². The van der Waals surface area contributed by atoms with Crippen molar-refractivity contribution in [1.82, 2.24) is 10.2 Å². The first-order valence-electron chi connectivity index (χ1n) is 8.75. The van der Waals surface area contributed by atoms with E-state index in [2.05, 4.69) is 5.32 Å². The van der Waals surface area contributed by atoms with Gasteiger partial charge in [0.1, 0.15) is 11.5 Å². The lowest BCUT2D eigenvalue weighted by atomic mass is 10.0. The predicted octanol–water partition coefficient (Wildman–Crippen LogP) is 2.35. The molecule has 8 nitrogen and oxygen atoms in total. The number of nitrogens with zero attached hydrogens (tertiary/aromatic N) is 2. The highest BCUT2D eigenvalue weighted by molar-refractivity contribution is 5.96. The lowest BCUT2D eigenvalue weighted by Gasteiger charge is -2.32. The van der Waals surface area contributed by atoms with Crippen LogP contribution in [0.25, 0.3) is 0 Å². The lowest BCUT2D eigenvalue weighted by molar-refractivity contribution is -0.383. The van der Waals surface area contributed by atoms with Crippen LogP contribution in [-0.2, 0) is 0 Å². The standard InChI is InChI=1S/C19H19FN4O4/c20-15-4-2-1-3-14(15)19(26)23-9-7-13(8-10-23)22-18(25)12-5-6-16(21)17(11-12)24(27)28/h1-6,11,13H,7-10,21H2,(H,22,25). The highest BCUT2D eigenvalue weighted by Gasteiger charge is 2.26. The monoisotopic (exact) mass is 386 g/mol. The Kier molecular flexibility index (Phi) is 5.53. The van der Waals surface area contributed by atoms with Crippen molar-refractivity contribution in [3.05, 3.63) is 69.5 Å². The van der Waals surface area contributed by atoms with E-state index in [1.807, 2.05) is 0 Å². The molecule has 0 bridgehead atoms. The SMILES string of the molecule is Nc1ccc(C(=O)NC2CCN(C(=O)c3ccccc3F)CC2)cc1[N+](=O)[O-]. The second-order valence-corrected chi connectivity index (χ2v) is 6.55. The molecule has 2 aromatic rings. The van der Waals surface area contributed by atoms with Crippen LogP contribution in [0.2, 0.25) is 0 Å². The molecule has 0 atom stereocenters. The summed E-state index contributed by atoms with van der Waals surface area (Å²) in [5.74, 6) is -1.38. The Morgan fingerprint density at radius 2 is 1.86 bits per heavy atom. The fourth-order valence-electron chi connectivity index (χ4n) is 3.14. The second-order valence-electron chi connectivity index (χ2n) is 6.55. The number of nitro benzene ring substituents is 1. The van der Waals surface area contributed by atoms with Gasteiger partial charge in [0.25, 0.3) is 17.5 Å². The number of nitrogens with two attached hydrogens (primary N) is 1. The topological polar surface area (TPSA) is 119 Å². The zero-order valence-corrected chi connectivity index (χ0v) is 14.9. The summed E-state index contributed by atoms with van der Waals surface area (Å²) in [4.78, 5) is 36.7. The number of nitrogens with one attached hydrogen (secondary N) is 1. The highest BCUT2D eigenvalue weighted by atomic mass is 19.1. The number of nitro groups is 1. The minimum absolute atomic E-state index is 0.0125. The van der Waals surface area contributed by atoms with Crippen molar-refractivity contribution < 1.29 is 18.9 Å². The Morgan fingerprint density at radius 1 is 1.18 bits per heavy atom. The molecular weight excluding hydrogens is 367 g/mol. The number of anilines is 1. The number of carbonyl (C=O) groups is 2. The molecule has 0 saturated carbocycles. The van der Waals surface area contributed by atoms with E-state index in [-0.39, 0.29) is 34.5 Å². The van der Waals surface area contributed by atoms with Gasteiger partial charge in [-0.3, -0.25) is 19.7 Å². The van der Waals surface area contributed by atoms with Gasteiger partial charge in [-0.1, -0.05) is 12.1 Å². The van der Waals surface area contributed by atoms with E-state index in [9.17, 15) is 24.1 Å². The van der Waals surface area contributed by atoms with Crippen LogP contribution in [0.5, 0.6) is 0 Å². The van der Waals surface area contributed by atoms with Crippen LogP contribution in [0.15, 0.2) is 42.5 Å². The molecular formula is C19H19FN4O4. The number of benzene rings is 2. The minimum Gasteiger partial charge on any atom is -0.393 e. The first-order chi connectivity index (χ1) is 13.4. The van der Waals surface area contributed by atoms with Crippen molar-refractivity contribution in [2.24, 2.45) is 0 Å². The summed E-state index contributed by atoms with van der Waals surface area (Å²) in [6.07, 6.45) is 1.01. The largest absolute Gasteiger partial charge is 0.393 e. The maximum absolute atomic E-state index is 13.8. The Balaban J connectivity index is 1.59. The lowest BCUT2D eigenvalue weighted by Crippen LogP contribution is -2.46. The molecule has 1 saturated heterocycles. The van der Waals surface area contributed by atoms with E-state index in [4.69, 9.17) is 5.73 Å². The van der Waals surface area contributed by atoms with E-state index in [0.717, 1.165) is 6.07 Å². The fourth-order valence-corrected chi connectivity index (χ4v) is 3.14. The number of halogens is 1. The minimum atomic E-state index is -0.640. The normalized spacial score (nSPS) is 14.5. The molecule has 0 radical (unpaired) electrons. The van der Waals surface area contributed by atoms with Crippen molar-refractivity contribution in [3.63, 3.8) is 0 Å². The average Bonchev–Trinajstić information content (AvgIpc) is 2.68. The Bertz CT molecular complexity index is 926. The van der Waals surface area contributed by atoms with E-state index < -0.39 is 16.6 Å². The molecule has 3 N–H and O–H groups in total. The number of rotatable bonds is 4. The zero-order chi connectivity index (χ0) is 20.3. The molecule has 0 aliphatic carbocycles. The van der Waals surface area contributed by atoms with Crippen LogP contribution in [0.1, 0.15) is 33.6 Å². The molecule has 0 spiro atoms. The third kappa shape index (κ3) is 4.08. The van der Waals surface area contributed by atoms with Gasteiger partial charge in [0.15, 0.2) is 0 Å². The third-order valence-corrected chi connectivity index (χ3v) is 4.71. The maximum atomic E-state index is 13.8. The quantitative estimate of drug-likeness (QED) is 0.475. The van der Waals surface area contributed by atoms with Crippen LogP contribution >= 0.6 is 0 Å². The van der Waals surface area contributed by atoms with Crippen molar-refractivity contribution in [3.8, 4) is 0 Å². The predicted molar refractivity (Wildman–Crippen MR) is 100 cm³/mol. The Hall–Kier alpha value is -3.49. The molecule has 9 heteroatoms. The number of nitrogen functional groups attached to an aromatic ring is 1. The van der Waals surface area contributed by atoms with E-state index >= 15 is 0 Å². The second kappa shape index (κ2) is 8.03. The van der Waals surface area contributed by atoms with Crippen LogP contribution in [-0.4, -0.2) is 40.8 Å². The summed E-state index contributed by atoms with van der Waals surface area (Å²) >= 11 is 0. The number of carbonyl (C=O) groups excluding carboxylic acids is 2. The van der Waals surface area contributed by atoms with Gasteiger partial charge < -0.3 is 16.0 Å². The van der Waals surface area contributed by atoms with E-state index in [0.29, 0.717) is 25.9 Å². The molecule has 0 aromatic heterocycles. The molecule has 146 valence electrons. The fraction of sp³-hybridized carbons (Fsp3) is 0.263. The average molecular weight is 386 g/mol. The van der Waals surface area contributed by atoms with Gasteiger partial charge in [0, 0.05) is 30.8 Å². The number of likely N-dealkylation sites (tertiary alicyclic amines) is 1. The molecule has 1 aliphatic heterocycles. The molecule has 1 fully saturated rings. The number of hydrogen-bond donors (Lipinski definition) is 2. The van der Waals surface area contributed by atoms with E-state index in [1.165, 1.54) is 30.3 Å². The van der Waals surface area contributed by atoms with Crippen LogP contribution in [0.3, 0.4) is 0 Å². The summed E-state index contributed by atoms with van der Waals surface area (Å²) in [7, 11) is 0. The van der Waals surface area contributed by atoms with Crippen LogP contribution in [0.4, 0.5) is 15.8 Å². The summed E-state index contributed by atoms with van der Waals surface area (Å²) in [6.45, 7) is 0.750. The van der Waals surface area contributed by atoms with Gasteiger partial charge in [-0.2, -0.15) is 0 Å².